The summed E-state index contributed by atoms with van der Waals surface area (Å²) < 4.78 is 5.30. The van der Waals surface area contributed by atoms with E-state index in [1.165, 1.54) is 20.8 Å². The van der Waals surface area contributed by atoms with Crippen molar-refractivity contribution in [3.05, 3.63) is 64.7 Å². The van der Waals surface area contributed by atoms with E-state index in [0.29, 0.717) is 24.1 Å². The SMILES string of the molecule is CC(=O)N1CCc2cc(C(=O)[C@@H](C)OC(=O)[C@H](C)NC(=O)c3cccc(C)c3)ccc21. The van der Waals surface area contributed by atoms with E-state index in [9.17, 15) is 19.2 Å². The third-order valence-corrected chi connectivity index (χ3v) is 5.28. The molecule has 7 heteroatoms. The lowest BCUT2D eigenvalue weighted by atomic mass is 10.0. The number of fused-ring (bicyclic) bond motifs is 1. The number of esters is 1. The van der Waals surface area contributed by atoms with Gasteiger partial charge in [-0.2, -0.15) is 0 Å². The van der Waals surface area contributed by atoms with Crippen molar-refractivity contribution in [3.8, 4) is 0 Å². The summed E-state index contributed by atoms with van der Waals surface area (Å²) in [4.78, 5) is 50.8. The lowest BCUT2D eigenvalue weighted by molar-refractivity contribution is -0.148. The van der Waals surface area contributed by atoms with Gasteiger partial charge in [-0.05, 0) is 63.1 Å². The first kappa shape index (κ1) is 22.2. The van der Waals surface area contributed by atoms with Crippen LogP contribution in [-0.4, -0.2) is 42.3 Å². The van der Waals surface area contributed by atoms with Gasteiger partial charge >= 0.3 is 5.97 Å². The number of carbonyl (C=O) groups excluding carboxylic acids is 4. The average Bonchev–Trinajstić information content (AvgIpc) is 3.16. The Morgan fingerprint density at radius 3 is 2.45 bits per heavy atom. The minimum atomic E-state index is -1.01. The van der Waals surface area contributed by atoms with Crippen LogP contribution in [0.3, 0.4) is 0 Å². The van der Waals surface area contributed by atoms with Crippen LogP contribution in [0.4, 0.5) is 5.69 Å². The van der Waals surface area contributed by atoms with Crippen LogP contribution in [0.5, 0.6) is 0 Å². The second-order valence-corrected chi connectivity index (χ2v) is 7.77. The molecule has 2 amide bonds. The highest BCUT2D eigenvalue weighted by Gasteiger charge is 2.27. The molecule has 0 bridgehead atoms. The van der Waals surface area contributed by atoms with Crippen molar-refractivity contribution < 1.29 is 23.9 Å². The Bertz CT molecular complexity index is 1050. The maximum atomic E-state index is 12.8. The Balaban J connectivity index is 1.61. The number of ketones is 1. The van der Waals surface area contributed by atoms with Gasteiger partial charge in [-0.25, -0.2) is 4.79 Å². The minimum absolute atomic E-state index is 0.0400. The molecule has 0 aliphatic carbocycles. The first-order chi connectivity index (χ1) is 14.7. The Kier molecular flexibility index (Phi) is 6.53. The maximum Gasteiger partial charge on any atom is 0.329 e. The number of nitrogens with zero attached hydrogens (tertiary/aromatic N) is 1. The molecule has 162 valence electrons. The van der Waals surface area contributed by atoms with E-state index in [4.69, 9.17) is 4.74 Å². The van der Waals surface area contributed by atoms with Crippen molar-refractivity contribution in [2.75, 3.05) is 11.4 Å². The molecule has 2 aromatic rings. The van der Waals surface area contributed by atoms with Gasteiger partial charge in [-0.3, -0.25) is 14.4 Å². The molecule has 1 N–H and O–H groups in total. The molecule has 0 unspecified atom stereocenters. The first-order valence-electron chi connectivity index (χ1n) is 10.2. The summed E-state index contributed by atoms with van der Waals surface area (Å²) in [7, 11) is 0. The standard InChI is InChI=1S/C24H26N2O5/c1-14-6-5-7-20(12-14)23(29)25-15(2)24(30)31-16(3)22(28)19-8-9-21-18(13-19)10-11-26(21)17(4)27/h5-9,12-13,15-16H,10-11H2,1-4H3,(H,25,29)/t15-,16+/m0/s1. The number of benzene rings is 2. The van der Waals surface area contributed by atoms with Crippen LogP contribution >= 0.6 is 0 Å². The molecule has 0 saturated heterocycles. The van der Waals surface area contributed by atoms with Gasteiger partial charge in [0.15, 0.2) is 6.10 Å². The third-order valence-electron chi connectivity index (χ3n) is 5.28. The average molecular weight is 422 g/mol. The van der Waals surface area contributed by atoms with Crippen LogP contribution < -0.4 is 10.2 Å². The molecule has 0 saturated carbocycles. The van der Waals surface area contributed by atoms with Crippen LogP contribution in [0.2, 0.25) is 0 Å². The maximum absolute atomic E-state index is 12.8. The third kappa shape index (κ3) is 4.99. The predicted molar refractivity (Wildman–Crippen MR) is 116 cm³/mol. The molecule has 0 aromatic heterocycles. The van der Waals surface area contributed by atoms with Gasteiger partial charge in [0.25, 0.3) is 5.91 Å². The number of ether oxygens (including phenoxy) is 1. The first-order valence-corrected chi connectivity index (χ1v) is 10.2. The van der Waals surface area contributed by atoms with Crippen LogP contribution in [0.25, 0.3) is 0 Å². The Morgan fingerprint density at radius 2 is 1.77 bits per heavy atom. The summed E-state index contributed by atoms with van der Waals surface area (Å²) in [6, 6.07) is 11.2. The summed E-state index contributed by atoms with van der Waals surface area (Å²) >= 11 is 0. The Morgan fingerprint density at radius 1 is 1.03 bits per heavy atom. The van der Waals surface area contributed by atoms with Crippen LogP contribution in [0, 0.1) is 6.92 Å². The topological polar surface area (TPSA) is 92.8 Å². The van der Waals surface area contributed by atoms with Crippen LogP contribution in [0.1, 0.15) is 52.6 Å². The molecule has 0 fully saturated rings. The van der Waals surface area contributed by atoms with Gasteiger partial charge in [0.05, 0.1) is 0 Å². The largest absolute Gasteiger partial charge is 0.453 e. The second-order valence-electron chi connectivity index (χ2n) is 7.77. The van der Waals surface area contributed by atoms with E-state index >= 15 is 0 Å². The number of amides is 2. The molecule has 7 nitrogen and oxygen atoms in total. The zero-order valence-electron chi connectivity index (χ0n) is 18.1. The number of anilines is 1. The smallest absolute Gasteiger partial charge is 0.329 e. The minimum Gasteiger partial charge on any atom is -0.453 e. The molecule has 31 heavy (non-hydrogen) atoms. The van der Waals surface area contributed by atoms with E-state index in [1.54, 1.807) is 41.3 Å². The van der Waals surface area contributed by atoms with Crippen molar-refractivity contribution in [2.45, 2.75) is 46.3 Å². The summed E-state index contributed by atoms with van der Waals surface area (Å²) in [6.45, 7) is 6.99. The summed E-state index contributed by atoms with van der Waals surface area (Å²) in [5.41, 5.74) is 3.52. The number of aryl methyl sites for hydroxylation is 1. The molecule has 1 heterocycles. The van der Waals surface area contributed by atoms with Gasteiger partial charge in [-0.15, -0.1) is 0 Å². The summed E-state index contributed by atoms with van der Waals surface area (Å²) in [6.07, 6.45) is -0.333. The van der Waals surface area contributed by atoms with E-state index in [1.807, 2.05) is 13.0 Å². The van der Waals surface area contributed by atoms with Crippen molar-refractivity contribution in [3.63, 3.8) is 0 Å². The number of hydrogen-bond acceptors (Lipinski definition) is 5. The molecule has 1 aliphatic heterocycles. The fraction of sp³-hybridized carbons (Fsp3) is 0.333. The van der Waals surface area contributed by atoms with Crippen LogP contribution in [-0.2, 0) is 20.7 Å². The molecular weight excluding hydrogens is 396 g/mol. The number of nitrogens with one attached hydrogen (secondary N) is 1. The lowest BCUT2D eigenvalue weighted by Crippen LogP contribution is -2.41. The van der Waals surface area contributed by atoms with Gasteiger partial charge in [-0.1, -0.05) is 17.7 Å². The second kappa shape index (κ2) is 9.12. The molecule has 3 rings (SSSR count). The molecular formula is C24H26N2O5. The van der Waals surface area contributed by atoms with Crippen molar-refractivity contribution in [1.82, 2.24) is 5.32 Å². The molecule has 2 atom stereocenters. The Labute approximate surface area is 181 Å². The summed E-state index contributed by atoms with van der Waals surface area (Å²) in [5, 5.41) is 2.59. The van der Waals surface area contributed by atoms with Crippen molar-refractivity contribution >= 4 is 29.3 Å². The van der Waals surface area contributed by atoms with E-state index < -0.39 is 18.1 Å². The van der Waals surface area contributed by atoms with E-state index in [2.05, 4.69) is 5.32 Å². The monoisotopic (exact) mass is 422 g/mol. The highest BCUT2D eigenvalue weighted by Crippen LogP contribution is 2.29. The zero-order valence-corrected chi connectivity index (χ0v) is 18.1. The van der Waals surface area contributed by atoms with E-state index in [0.717, 1.165) is 16.8 Å². The van der Waals surface area contributed by atoms with Gasteiger partial charge in [0, 0.05) is 30.3 Å². The predicted octanol–water partition coefficient (Wildman–Crippen LogP) is 2.84. The zero-order chi connectivity index (χ0) is 22.7. The lowest BCUT2D eigenvalue weighted by Gasteiger charge is -2.18. The van der Waals surface area contributed by atoms with Crippen LogP contribution in [0.15, 0.2) is 42.5 Å². The Hall–Kier alpha value is -3.48. The molecule has 1 aliphatic rings. The fourth-order valence-electron chi connectivity index (χ4n) is 3.57. The van der Waals surface area contributed by atoms with Crippen molar-refractivity contribution in [2.24, 2.45) is 0 Å². The number of rotatable bonds is 6. The highest BCUT2D eigenvalue weighted by atomic mass is 16.5. The molecule has 2 aromatic carbocycles. The highest BCUT2D eigenvalue weighted by molar-refractivity contribution is 6.02. The number of hydrogen-bond donors (Lipinski definition) is 1. The number of carbonyl (C=O) groups is 4. The number of Topliss-reactive ketones (excluding diaryl/α,β-unsaturated/α-hetero) is 1. The van der Waals surface area contributed by atoms with Gasteiger partial charge in [0.1, 0.15) is 6.04 Å². The van der Waals surface area contributed by atoms with E-state index in [-0.39, 0.29) is 17.6 Å². The van der Waals surface area contributed by atoms with Gasteiger partial charge in [0.2, 0.25) is 11.7 Å². The quantitative estimate of drug-likeness (QED) is 0.571. The fourth-order valence-corrected chi connectivity index (χ4v) is 3.57. The normalized spacial score (nSPS) is 14.4. The van der Waals surface area contributed by atoms with Gasteiger partial charge < -0.3 is 15.0 Å². The molecule has 0 radical (unpaired) electrons. The van der Waals surface area contributed by atoms with Crippen molar-refractivity contribution in [1.29, 1.82) is 0 Å². The summed E-state index contributed by atoms with van der Waals surface area (Å²) in [5.74, 6) is -1.46. The molecule has 0 spiro atoms.